The maximum Gasteiger partial charge on any atom is 0.331 e. The lowest BCUT2D eigenvalue weighted by Gasteiger charge is -2.33. The van der Waals surface area contributed by atoms with Crippen LogP contribution < -0.4 is 20.3 Å². The number of carbonyl (C=O) groups is 3. The molecule has 1 atom stereocenters. The van der Waals surface area contributed by atoms with Crippen molar-refractivity contribution in [3.63, 3.8) is 0 Å². The highest BCUT2D eigenvalue weighted by Gasteiger charge is 2.34. The van der Waals surface area contributed by atoms with Crippen LogP contribution in [0.3, 0.4) is 0 Å². The van der Waals surface area contributed by atoms with E-state index < -0.39 is 0 Å². The maximum atomic E-state index is 13.5. The monoisotopic (exact) mass is 575 g/mol. The van der Waals surface area contributed by atoms with E-state index in [1.165, 1.54) is 11.3 Å². The molecule has 40 heavy (non-hydrogen) atoms. The minimum absolute atomic E-state index is 0.0830. The molecule has 0 saturated carbocycles. The van der Waals surface area contributed by atoms with Crippen LogP contribution in [-0.2, 0) is 4.79 Å². The summed E-state index contributed by atoms with van der Waals surface area (Å²) in [7, 11) is 0. The molecule has 2 aliphatic rings. The van der Waals surface area contributed by atoms with Gasteiger partial charge in [0.15, 0.2) is 0 Å². The van der Waals surface area contributed by atoms with Crippen LogP contribution >= 0.6 is 22.9 Å². The first kappa shape index (κ1) is 26.1. The number of hydrogen-bond acceptors (Lipinski definition) is 6. The van der Waals surface area contributed by atoms with Gasteiger partial charge < -0.3 is 20.3 Å². The molecule has 2 aromatic carbocycles. The van der Waals surface area contributed by atoms with Crippen LogP contribution in [0.15, 0.2) is 60.8 Å². The summed E-state index contributed by atoms with van der Waals surface area (Å²) in [6, 6.07) is 16.3. The fraction of sp³-hybridized carbons (Fsp3) is 0.241. The molecule has 0 spiro atoms. The largest absolute Gasteiger partial charge is 0.457 e. The minimum Gasteiger partial charge on any atom is -0.457 e. The van der Waals surface area contributed by atoms with Gasteiger partial charge in [-0.25, -0.2) is 9.78 Å². The second kappa shape index (κ2) is 10.8. The summed E-state index contributed by atoms with van der Waals surface area (Å²) >= 11 is 6.96. The van der Waals surface area contributed by atoms with E-state index in [9.17, 15) is 14.4 Å². The number of likely N-dealkylation sites (tertiary alicyclic amines) is 1. The third-order valence-corrected chi connectivity index (χ3v) is 8.39. The van der Waals surface area contributed by atoms with Crippen molar-refractivity contribution in [1.82, 2.24) is 15.2 Å². The number of aryl methyl sites for hydroxylation is 1. The van der Waals surface area contributed by atoms with Gasteiger partial charge >= 0.3 is 6.03 Å². The lowest BCUT2D eigenvalue weighted by atomic mass is 10.1. The molecule has 11 heteroatoms. The Morgan fingerprint density at radius 2 is 1.98 bits per heavy atom. The highest BCUT2D eigenvalue weighted by atomic mass is 35.5. The predicted molar refractivity (Wildman–Crippen MR) is 156 cm³/mol. The molecule has 2 aromatic heterocycles. The molecule has 0 aliphatic carbocycles. The number of halogens is 1. The molecule has 9 nitrogen and oxygen atoms in total. The quantitative estimate of drug-likeness (QED) is 0.273. The number of urea groups is 1. The fourth-order valence-electron chi connectivity index (χ4n) is 5.21. The summed E-state index contributed by atoms with van der Waals surface area (Å²) in [5.74, 6) is 0.853. The number of piperidine rings is 1. The number of pyridine rings is 1. The summed E-state index contributed by atoms with van der Waals surface area (Å²) in [6.45, 7) is 2.96. The molecule has 6 rings (SSSR count). The fourth-order valence-corrected chi connectivity index (χ4v) is 6.40. The number of nitrogens with zero attached hydrogens (tertiary/aromatic N) is 3. The van der Waals surface area contributed by atoms with Gasteiger partial charge in [0.25, 0.3) is 5.91 Å². The number of anilines is 3. The molecule has 4 heterocycles. The van der Waals surface area contributed by atoms with Gasteiger partial charge in [0.05, 0.1) is 22.4 Å². The topological polar surface area (TPSA) is 104 Å². The molecule has 4 amide bonds. The Labute approximate surface area is 239 Å². The summed E-state index contributed by atoms with van der Waals surface area (Å²) in [4.78, 5) is 47.8. The molecule has 1 unspecified atom stereocenters. The van der Waals surface area contributed by atoms with Gasteiger partial charge in [-0.1, -0.05) is 18.2 Å². The highest BCUT2D eigenvalue weighted by Crippen LogP contribution is 2.46. The van der Waals surface area contributed by atoms with E-state index in [4.69, 9.17) is 16.3 Å². The lowest BCUT2D eigenvalue weighted by Crippen LogP contribution is -2.50. The molecular formula is C29H26ClN5O4S. The normalized spacial score (nSPS) is 16.6. The third-order valence-electron chi connectivity index (χ3n) is 7.06. The Hall–Kier alpha value is -4.15. The number of ether oxygens (including phenoxy) is 1. The lowest BCUT2D eigenvalue weighted by molar-refractivity contribution is -0.129. The van der Waals surface area contributed by atoms with Crippen LogP contribution in [0, 0.1) is 6.92 Å². The van der Waals surface area contributed by atoms with Gasteiger partial charge in [0.1, 0.15) is 27.1 Å². The number of amides is 4. The number of aromatic nitrogens is 1. The zero-order valence-electron chi connectivity index (χ0n) is 21.6. The van der Waals surface area contributed by atoms with Crippen LogP contribution in [0.2, 0.25) is 0 Å². The molecule has 1 saturated heterocycles. The molecule has 1 fully saturated rings. The number of benzene rings is 2. The van der Waals surface area contributed by atoms with Gasteiger partial charge in [-0.05, 0) is 61.7 Å². The SMILES string of the molecule is Cc1cc(Oc2ccccc2)ccc1N1C(=O)Nc2c(C(=O)NC3CCCN(C(=O)CCl)C3)sc3nccc1c23. The first-order valence-corrected chi connectivity index (χ1v) is 14.3. The standard InChI is InChI=1S/C29H26ClN5O4S/c1-17-14-20(39-19-7-3-2-4-8-19)9-10-21(17)35-22-11-12-31-28-24(22)25(33-29(35)38)26(40-28)27(37)32-18-6-5-13-34(16-18)23(36)15-30/h2-4,7-12,14,18H,5-6,13,15-16H2,1H3,(H,32,37)(H,33,38). The molecule has 204 valence electrons. The van der Waals surface area contributed by atoms with Crippen molar-refractivity contribution >= 4 is 68.1 Å². The van der Waals surface area contributed by atoms with Gasteiger partial charge in [0, 0.05) is 25.3 Å². The van der Waals surface area contributed by atoms with Crippen LogP contribution in [0.4, 0.5) is 21.9 Å². The predicted octanol–water partition coefficient (Wildman–Crippen LogP) is 6.04. The van der Waals surface area contributed by atoms with E-state index in [1.54, 1.807) is 22.1 Å². The molecule has 0 radical (unpaired) electrons. The Bertz CT molecular complexity index is 1630. The average molecular weight is 576 g/mol. The smallest absolute Gasteiger partial charge is 0.331 e. The molecular weight excluding hydrogens is 550 g/mol. The van der Waals surface area contributed by atoms with E-state index in [2.05, 4.69) is 15.6 Å². The molecule has 2 aliphatic heterocycles. The molecule has 4 aromatic rings. The number of carbonyl (C=O) groups excluding carboxylic acids is 3. The maximum absolute atomic E-state index is 13.5. The number of rotatable bonds is 6. The van der Waals surface area contributed by atoms with Crippen molar-refractivity contribution < 1.29 is 19.1 Å². The van der Waals surface area contributed by atoms with E-state index >= 15 is 0 Å². The molecule has 0 bridgehead atoms. The van der Waals surface area contributed by atoms with Gasteiger partial charge in [0.2, 0.25) is 5.91 Å². The number of thiophene rings is 1. The van der Waals surface area contributed by atoms with Crippen molar-refractivity contribution in [2.24, 2.45) is 0 Å². The van der Waals surface area contributed by atoms with Crippen LogP contribution in [0.25, 0.3) is 10.2 Å². The summed E-state index contributed by atoms with van der Waals surface area (Å²) in [6.07, 6.45) is 3.17. The highest BCUT2D eigenvalue weighted by molar-refractivity contribution is 7.21. The van der Waals surface area contributed by atoms with E-state index in [0.29, 0.717) is 51.0 Å². The number of alkyl halides is 1. The van der Waals surface area contributed by atoms with Crippen LogP contribution in [-0.4, -0.2) is 52.7 Å². The zero-order valence-corrected chi connectivity index (χ0v) is 23.2. The van der Waals surface area contributed by atoms with Crippen molar-refractivity contribution in [2.75, 3.05) is 29.2 Å². The Morgan fingerprint density at radius 3 is 2.75 bits per heavy atom. The van der Waals surface area contributed by atoms with Crippen molar-refractivity contribution in [1.29, 1.82) is 0 Å². The Balaban J connectivity index is 1.29. The van der Waals surface area contributed by atoms with Gasteiger partial charge in [-0.15, -0.1) is 22.9 Å². The number of para-hydroxylation sites is 1. The average Bonchev–Trinajstić information content (AvgIpc) is 3.33. The van der Waals surface area contributed by atoms with E-state index in [0.717, 1.165) is 24.2 Å². The summed E-state index contributed by atoms with van der Waals surface area (Å²) < 4.78 is 5.96. The van der Waals surface area contributed by atoms with Crippen molar-refractivity contribution in [2.45, 2.75) is 25.8 Å². The summed E-state index contributed by atoms with van der Waals surface area (Å²) in [5.41, 5.74) is 2.64. The second-order valence-electron chi connectivity index (χ2n) is 9.73. The summed E-state index contributed by atoms with van der Waals surface area (Å²) in [5, 5.41) is 6.70. The van der Waals surface area contributed by atoms with E-state index in [1.807, 2.05) is 55.5 Å². The second-order valence-corrected chi connectivity index (χ2v) is 11.0. The van der Waals surface area contributed by atoms with E-state index in [-0.39, 0.29) is 29.8 Å². The van der Waals surface area contributed by atoms with Crippen molar-refractivity contribution in [3.8, 4) is 11.5 Å². The minimum atomic E-state index is -0.371. The zero-order chi connectivity index (χ0) is 27.8. The van der Waals surface area contributed by atoms with Gasteiger partial charge in [-0.3, -0.25) is 14.5 Å². The molecule has 2 N–H and O–H groups in total. The first-order valence-electron chi connectivity index (χ1n) is 12.9. The number of hydrogen-bond donors (Lipinski definition) is 2. The first-order chi connectivity index (χ1) is 19.4. The Kier molecular flexibility index (Phi) is 7.03. The third kappa shape index (κ3) is 4.84. The Morgan fingerprint density at radius 1 is 1.15 bits per heavy atom. The van der Waals surface area contributed by atoms with Crippen LogP contribution in [0.1, 0.15) is 28.1 Å². The van der Waals surface area contributed by atoms with Crippen molar-refractivity contribution in [3.05, 3.63) is 71.2 Å². The number of nitrogens with one attached hydrogen (secondary N) is 2. The van der Waals surface area contributed by atoms with Gasteiger partial charge in [-0.2, -0.15) is 0 Å². The van der Waals surface area contributed by atoms with Crippen LogP contribution in [0.5, 0.6) is 11.5 Å².